The van der Waals surface area contributed by atoms with Crippen LogP contribution in [-0.2, 0) is 11.2 Å². The Morgan fingerprint density at radius 2 is 2.14 bits per heavy atom. The highest BCUT2D eigenvalue weighted by Crippen LogP contribution is 2.24. The van der Waals surface area contributed by atoms with Crippen LogP contribution in [0.5, 0.6) is 5.75 Å². The van der Waals surface area contributed by atoms with Crippen LogP contribution in [0.3, 0.4) is 0 Å². The lowest BCUT2D eigenvalue weighted by Gasteiger charge is -2.20. The third-order valence-electron chi connectivity index (χ3n) is 4.04. The smallest absolute Gasteiger partial charge is 0.311 e. The van der Waals surface area contributed by atoms with Crippen LogP contribution in [0.1, 0.15) is 39.2 Å². The van der Waals surface area contributed by atoms with Gasteiger partial charge in [0.1, 0.15) is 5.75 Å². The molecule has 0 radical (unpaired) electrons. The summed E-state index contributed by atoms with van der Waals surface area (Å²) < 4.78 is 5.33. The van der Waals surface area contributed by atoms with Gasteiger partial charge in [-0.15, -0.1) is 0 Å². The number of carbonyl (C=O) groups excluding carboxylic acids is 1. The number of likely N-dealkylation sites (N-methyl/N-ethyl adjacent to an activating group) is 1. The van der Waals surface area contributed by atoms with E-state index in [2.05, 4.69) is 37.0 Å². The Kier molecular flexibility index (Phi) is 5.61. The van der Waals surface area contributed by atoms with Gasteiger partial charge < -0.3 is 14.6 Å². The summed E-state index contributed by atoms with van der Waals surface area (Å²) in [6.07, 6.45) is 4.31. The van der Waals surface area contributed by atoms with Crippen LogP contribution in [0, 0.1) is 0 Å². The Labute approximate surface area is 132 Å². The van der Waals surface area contributed by atoms with Crippen molar-refractivity contribution in [2.24, 2.45) is 0 Å². The van der Waals surface area contributed by atoms with Crippen LogP contribution in [-0.4, -0.2) is 35.5 Å². The van der Waals surface area contributed by atoms with E-state index in [1.807, 2.05) is 25.1 Å². The average Bonchev–Trinajstić information content (AvgIpc) is 2.87. The van der Waals surface area contributed by atoms with Gasteiger partial charge in [0.15, 0.2) is 0 Å². The lowest BCUT2D eigenvalue weighted by molar-refractivity contribution is -0.134. The van der Waals surface area contributed by atoms with Gasteiger partial charge in [0.2, 0.25) is 0 Å². The molecule has 2 rings (SSSR count). The molecule has 0 saturated carbocycles. The van der Waals surface area contributed by atoms with E-state index in [1.54, 1.807) is 0 Å². The Hall–Kier alpha value is -1.81. The van der Waals surface area contributed by atoms with Gasteiger partial charge in [-0.25, -0.2) is 0 Å². The zero-order valence-corrected chi connectivity index (χ0v) is 14.0. The van der Waals surface area contributed by atoms with Crippen molar-refractivity contribution in [2.75, 3.05) is 13.6 Å². The van der Waals surface area contributed by atoms with Crippen molar-refractivity contribution >= 4 is 16.9 Å². The summed E-state index contributed by atoms with van der Waals surface area (Å²) in [4.78, 5) is 17.2. The second-order valence-electron chi connectivity index (χ2n) is 6.07. The number of hydrogen-bond donors (Lipinski definition) is 1. The molecular weight excluding hydrogens is 276 g/mol. The molecule has 0 aliphatic heterocycles. The summed E-state index contributed by atoms with van der Waals surface area (Å²) >= 11 is 0. The van der Waals surface area contributed by atoms with E-state index < -0.39 is 0 Å². The average molecular weight is 302 g/mol. The Morgan fingerprint density at radius 3 is 2.82 bits per heavy atom. The van der Waals surface area contributed by atoms with Gasteiger partial charge in [0.05, 0.1) is 0 Å². The third kappa shape index (κ3) is 4.10. The fourth-order valence-corrected chi connectivity index (χ4v) is 2.38. The van der Waals surface area contributed by atoms with Crippen molar-refractivity contribution in [3.05, 3.63) is 30.0 Å². The molecule has 0 spiro atoms. The minimum atomic E-state index is -0.174. The molecule has 0 saturated heterocycles. The number of H-pyrrole nitrogens is 1. The summed E-state index contributed by atoms with van der Waals surface area (Å²) in [6, 6.07) is 6.36. The highest BCUT2D eigenvalue weighted by Gasteiger charge is 2.09. The molecule has 0 amide bonds. The van der Waals surface area contributed by atoms with Crippen molar-refractivity contribution in [2.45, 2.75) is 46.1 Å². The quantitative estimate of drug-likeness (QED) is 0.626. The topological polar surface area (TPSA) is 45.3 Å². The molecule has 4 nitrogen and oxygen atoms in total. The van der Waals surface area contributed by atoms with Gasteiger partial charge in [-0.05, 0) is 51.4 Å². The Morgan fingerprint density at radius 1 is 1.36 bits per heavy atom. The third-order valence-corrected chi connectivity index (χ3v) is 4.04. The molecule has 0 unspecified atom stereocenters. The largest absolute Gasteiger partial charge is 0.426 e. The standard InChI is InChI=1S/C18H26N2O2/c1-5-6-18(21)22-15-7-8-16-14(12-19-17(16)11-15)9-10-20(4)13(2)3/h7-8,11-13,19H,5-6,9-10H2,1-4H3. The summed E-state index contributed by atoms with van der Waals surface area (Å²) in [5.41, 5.74) is 2.32. The predicted molar refractivity (Wildman–Crippen MR) is 90.3 cm³/mol. The van der Waals surface area contributed by atoms with Gasteiger partial charge in [0.25, 0.3) is 0 Å². The molecule has 1 aromatic carbocycles. The number of rotatable bonds is 7. The maximum Gasteiger partial charge on any atom is 0.311 e. The molecule has 0 bridgehead atoms. The predicted octanol–water partition coefficient (Wildman–Crippen LogP) is 3.76. The maximum atomic E-state index is 11.6. The van der Waals surface area contributed by atoms with E-state index in [1.165, 1.54) is 10.9 Å². The molecule has 0 aliphatic carbocycles. The van der Waals surface area contributed by atoms with Crippen molar-refractivity contribution in [1.29, 1.82) is 0 Å². The molecule has 0 aliphatic rings. The van der Waals surface area contributed by atoms with E-state index in [-0.39, 0.29) is 5.97 Å². The van der Waals surface area contributed by atoms with Gasteiger partial charge >= 0.3 is 5.97 Å². The summed E-state index contributed by atoms with van der Waals surface area (Å²) in [5, 5.41) is 1.20. The monoisotopic (exact) mass is 302 g/mol. The van der Waals surface area contributed by atoms with Crippen molar-refractivity contribution < 1.29 is 9.53 Å². The first kappa shape index (κ1) is 16.6. The van der Waals surface area contributed by atoms with Crippen molar-refractivity contribution in [1.82, 2.24) is 9.88 Å². The molecular formula is C18H26N2O2. The van der Waals surface area contributed by atoms with E-state index in [0.717, 1.165) is 24.9 Å². The minimum Gasteiger partial charge on any atom is -0.426 e. The summed E-state index contributed by atoms with van der Waals surface area (Å²) in [7, 11) is 2.14. The second-order valence-corrected chi connectivity index (χ2v) is 6.07. The second kappa shape index (κ2) is 7.45. The van der Waals surface area contributed by atoms with Crippen LogP contribution in [0.15, 0.2) is 24.4 Å². The number of aromatic nitrogens is 1. The first-order chi connectivity index (χ1) is 10.5. The van der Waals surface area contributed by atoms with Gasteiger partial charge in [-0.3, -0.25) is 4.79 Å². The number of fused-ring (bicyclic) bond motifs is 1. The first-order valence-corrected chi connectivity index (χ1v) is 8.02. The van der Waals surface area contributed by atoms with Crippen molar-refractivity contribution in [3.63, 3.8) is 0 Å². The SMILES string of the molecule is CCCC(=O)Oc1ccc2c(CCN(C)C(C)C)c[nH]c2c1. The van der Waals surface area contributed by atoms with Crippen LogP contribution in [0.2, 0.25) is 0 Å². The number of hydrogen-bond acceptors (Lipinski definition) is 3. The van der Waals surface area contributed by atoms with E-state index in [4.69, 9.17) is 4.74 Å². The van der Waals surface area contributed by atoms with Crippen molar-refractivity contribution in [3.8, 4) is 5.75 Å². The highest BCUT2D eigenvalue weighted by molar-refractivity contribution is 5.85. The van der Waals surface area contributed by atoms with Gasteiger partial charge in [-0.2, -0.15) is 0 Å². The maximum absolute atomic E-state index is 11.6. The summed E-state index contributed by atoms with van der Waals surface area (Å²) in [6.45, 7) is 7.39. The van der Waals surface area contributed by atoms with Crippen LogP contribution < -0.4 is 4.74 Å². The fourth-order valence-electron chi connectivity index (χ4n) is 2.38. The van der Waals surface area contributed by atoms with E-state index >= 15 is 0 Å². The molecule has 22 heavy (non-hydrogen) atoms. The molecule has 2 aromatic rings. The molecule has 1 aromatic heterocycles. The fraction of sp³-hybridized carbons (Fsp3) is 0.500. The Balaban J connectivity index is 2.08. The molecule has 1 heterocycles. The number of ether oxygens (including phenoxy) is 1. The zero-order valence-electron chi connectivity index (χ0n) is 14.0. The zero-order chi connectivity index (χ0) is 16.1. The number of carbonyl (C=O) groups is 1. The number of nitrogens with one attached hydrogen (secondary N) is 1. The van der Waals surface area contributed by atoms with Gasteiger partial charge in [-0.1, -0.05) is 6.92 Å². The van der Waals surface area contributed by atoms with Crippen LogP contribution in [0.25, 0.3) is 10.9 Å². The lowest BCUT2D eigenvalue weighted by Crippen LogP contribution is -2.28. The molecule has 4 heteroatoms. The van der Waals surface area contributed by atoms with Crippen LogP contribution >= 0.6 is 0 Å². The summed E-state index contributed by atoms with van der Waals surface area (Å²) in [5.74, 6) is 0.436. The number of benzene rings is 1. The number of esters is 1. The molecule has 1 N–H and O–H groups in total. The molecule has 120 valence electrons. The number of aromatic amines is 1. The van der Waals surface area contributed by atoms with Crippen LogP contribution in [0.4, 0.5) is 0 Å². The Bertz CT molecular complexity index is 631. The normalized spacial score (nSPS) is 11.5. The lowest BCUT2D eigenvalue weighted by atomic mass is 10.1. The van der Waals surface area contributed by atoms with Gasteiger partial charge in [0, 0.05) is 42.2 Å². The molecule has 0 atom stereocenters. The molecule has 0 fully saturated rings. The highest BCUT2D eigenvalue weighted by atomic mass is 16.5. The van der Waals surface area contributed by atoms with E-state index in [0.29, 0.717) is 18.2 Å². The first-order valence-electron chi connectivity index (χ1n) is 8.02. The number of nitrogens with zero attached hydrogens (tertiary/aromatic N) is 1. The minimum absolute atomic E-state index is 0.174. The van der Waals surface area contributed by atoms with E-state index in [9.17, 15) is 4.79 Å².